The highest BCUT2D eigenvalue weighted by atomic mass is 16.2. The quantitative estimate of drug-likeness (QED) is 0.847. The van der Waals surface area contributed by atoms with E-state index < -0.39 is 0 Å². The first-order chi connectivity index (χ1) is 9.26. The van der Waals surface area contributed by atoms with E-state index in [4.69, 9.17) is 0 Å². The maximum atomic E-state index is 11.5. The first-order valence-electron chi connectivity index (χ1n) is 6.46. The van der Waals surface area contributed by atoms with Gasteiger partial charge in [-0.15, -0.1) is 0 Å². The number of rotatable bonds is 3. The average Bonchev–Trinajstić information content (AvgIpc) is 3.06. The molecular formula is C14H16N4O. The van der Waals surface area contributed by atoms with Gasteiger partial charge < -0.3 is 9.88 Å². The number of hydrogen-bond acceptors (Lipinski definition) is 3. The van der Waals surface area contributed by atoms with Gasteiger partial charge in [-0.2, -0.15) is 0 Å². The van der Waals surface area contributed by atoms with Crippen LogP contribution in [0.1, 0.15) is 12.1 Å². The van der Waals surface area contributed by atoms with Crippen LogP contribution in [0.4, 0.5) is 0 Å². The molecule has 0 radical (unpaired) electrons. The largest absolute Gasteiger partial charge is 0.345 e. The van der Waals surface area contributed by atoms with E-state index in [0.717, 1.165) is 42.8 Å². The zero-order valence-corrected chi connectivity index (χ0v) is 10.7. The second-order valence-electron chi connectivity index (χ2n) is 4.92. The van der Waals surface area contributed by atoms with Crippen molar-refractivity contribution in [3.8, 4) is 0 Å². The Hall–Kier alpha value is -2.17. The fourth-order valence-electron chi connectivity index (χ4n) is 2.59. The molecule has 0 saturated carbocycles. The van der Waals surface area contributed by atoms with Crippen LogP contribution in [0.5, 0.6) is 0 Å². The number of nitrogens with one attached hydrogen (secondary N) is 1. The summed E-state index contributed by atoms with van der Waals surface area (Å²) in [5.41, 5.74) is 2.71. The van der Waals surface area contributed by atoms with Crippen LogP contribution in [0, 0.1) is 5.92 Å². The highest BCUT2D eigenvalue weighted by Crippen LogP contribution is 2.20. The van der Waals surface area contributed by atoms with Crippen LogP contribution in [0.2, 0.25) is 0 Å². The molecule has 1 saturated heterocycles. The molecule has 0 aromatic carbocycles. The molecule has 1 unspecified atom stereocenters. The van der Waals surface area contributed by atoms with Gasteiger partial charge in [0, 0.05) is 19.3 Å². The Balaban J connectivity index is 1.68. The molecule has 1 aliphatic rings. The number of aromatic amines is 1. The minimum absolute atomic E-state index is 0.0228. The fraction of sp³-hybridized carbons (Fsp3) is 0.357. The van der Waals surface area contributed by atoms with E-state index in [1.165, 1.54) is 6.08 Å². The molecule has 1 atom stereocenters. The number of carbonyl (C=O) groups excluding carboxylic acids is 1. The van der Waals surface area contributed by atoms with Crippen LogP contribution < -0.4 is 0 Å². The topological polar surface area (TPSA) is 61.9 Å². The minimum atomic E-state index is 0.0228. The number of carbonyl (C=O) groups is 1. The summed E-state index contributed by atoms with van der Waals surface area (Å²) in [6.45, 7) is 5.13. The lowest BCUT2D eigenvalue weighted by molar-refractivity contribution is -0.125. The second kappa shape index (κ2) is 4.84. The van der Waals surface area contributed by atoms with Gasteiger partial charge in [-0.1, -0.05) is 6.58 Å². The maximum Gasteiger partial charge on any atom is 0.245 e. The van der Waals surface area contributed by atoms with Gasteiger partial charge in [0.2, 0.25) is 5.91 Å². The van der Waals surface area contributed by atoms with Gasteiger partial charge in [0.15, 0.2) is 5.65 Å². The number of aromatic nitrogens is 3. The van der Waals surface area contributed by atoms with Crippen molar-refractivity contribution in [2.75, 3.05) is 13.1 Å². The van der Waals surface area contributed by atoms with Crippen molar-refractivity contribution in [1.29, 1.82) is 0 Å². The molecule has 3 heterocycles. The molecule has 5 heteroatoms. The first-order valence-corrected chi connectivity index (χ1v) is 6.46. The minimum Gasteiger partial charge on any atom is -0.345 e. The molecule has 0 bridgehead atoms. The standard InChI is InChI=1S/C14H16N4O/c1-2-13(19)18-6-4-10(9-18)7-11-8-16-14-12(17-11)3-5-15-14/h2-3,5,8,10H,1,4,6-7,9H2,(H,15,16). The smallest absolute Gasteiger partial charge is 0.245 e. The van der Waals surface area contributed by atoms with Crippen LogP contribution in [0.25, 0.3) is 11.2 Å². The Bertz CT molecular complexity index is 619. The number of likely N-dealkylation sites (tertiary alicyclic amines) is 1. The average molecular weight is 256 g/mol. The van der Waals surface area contributed by atoms with E-state index in [1.807, 2.05) is 23.4 Å². The molecule has 0 aliphatic carbocycles. The predicted octanol–water partition coefficient (Wildman–Crippen LogP) is 1.53. The molecule has 1 aliphatic heterocycles. The van der Waals surface area contributed by atoms with E-state index >= 15 is 0 Å². The van der Waals surface area contributed by atoms with Gasteiger partial charge in [0.1, 0.15) is 5.52 Å². The summed E-state index contributed by atoms with van der Waals surface area (Å²) in [6, 6.07) is 1.92. The van der Waals surface area contributed by atoms with Crippen LogP contribution in [-0.4, -0.2) is 38.8 Å². The van der Waals surface area contributed by atoms with Gasteiger partial charge >= 0.3 is 0 Å². The van der Waals surface area contributed by atoms with E-state index in [1.54, 1.807) is 0 Å². The third kappa shape index (κ3) is 2.36. The zero-order chi connectivity index (χ0) is 13.2. The van der Waals surface area contributed by atoms with Crippen LogP contribution in [-0.2, 0) is 11.2 Å². The van der Waals surface area contributed by atoms with Gasteiger partial charge in [-0.3, -0.25) is 4.79 Å². The monoisotopic (exact) mass is 256 g/mol. The van der Waals surface area contributed by atoms with E-state index in [9.17, 15) is 4.79 Å². The van der Waals surface area contributed by atoms with Gasteiger partial charge in [0.25, 0.3) is 0 Å². The maximum absolute atomic E-state index is 11.5. The predicted molar refractivity (Wildman–Crippen MR) is 72.5 cm³/mol. The highest BCUT2D eigenvalue weighted by Gasteiger charge is 2.25. The number of nitrogens with zero attached hydrogens (tertiary/aromatic N) is 3. The summed E-state index contributed by atoms with van der Waals surface area (Å²) in [7, 11) is 0. The second-order valence-corrected chi connectivity index (χ2v) is 4.92. The molecule has 2 aromatic heterocycles. The number of fused-ring (bicyclic) bond motifs is 1. The highest BCUT2D eigenvalue weighted by molar-refractivity contribution is 5.87. The van der Waals surface area contributed by atoms with Crippen molar-refractivity contribution >= 4 is 17.1 Å². The number of H-pyrrole nitrogens is 1. The van der Waals surface area contributed by atoms with Crippen molar-refractivity contribution in [2.45, 2.75) is 12.8 Å². The van der Waals surface area contributed by atoms with Crippen molar-refractivity contribution in [2.24, 2.45) is 5.92 Å². The van der Waals surface area contributed by atoms with Gasteiger partial charge in [-0.05, 0) is 30.9 Å². The fourth-order valence-corrected chi connectivity index (χ4v) is 2.59. The van der Waals surface area contributed by atoms with E-state index in [-0.39, 0.29) is 5.91 Å². The van der Waals surface area contributed by atoms with Gasteiger partial charge in [0.05, 0.1) is 11.9 Å². The third-order valence-electron chi connectivity index (χ3n) is 3.58. The van der Waals surface area contributed by atoms with Crippen LogP contribution in [0.3, 0.4) is 0 Å². The summed E-state index contributed by atoms with van der Waals surface area (Å²) in [6.07, 6.45) is 6.93. The lowest BCUT2D eigenvalue weighted by Gasteiger charge is -2.13. The Morgan fingerprint density at radius 3 is 3.37 bits per heavy atom. The van der Waals surface area contributed by atoms with E-state index in [0.29, 0.717) is 5.92 Å². The van der Waals surface area contributed by atoms with Crippen LogP contribution in [0.15, 0.2) is 31.1 Å². The lowest BCUT2D eigenvalue weighted by atomic mass is 10.0. The number of amides is 1. The summed E-state index contributed by atoms with van der Waals surface area (Å²) in [5, 5.41) is 0. The van der Waals surface area contributed by atoms with Crippen molar-refractivity contribution < 1.29 is 4.79 Å². The SMILES string of the molecule is C=CC(=O)N1CCC(Cc2cnc3[nH]ccc3n2)C1. The molecule has 19 heavy (non-hydrogen) atoms. The molecular weight excluding hydrogens is 240 g/mol. The molecule has 0 spiro atoms. The Labute approximate surface area is 111 Å². The summed E-state index contributed by atoms with van der Waals surface area (Å²) in [4.78, 5) is 25.3. The Morgan fingerprint density at radius 2 is 2.53 bits per heavy atom. The lowest BCUT2D eigenvalue weighted by Crippen LogP contribution is -2.26. The molecule has 3 rings (SSSR count). The molecule has 5 nitrogen and oxygen atoms in total. The van der Waals surface area contributed by atoms with Crippen molar-refractivity contribution in [3.05, 3.63) is 36.8 Å². The summed E-state index contributed by atoms with van der Waals surface area (Å²) in [5.74, 6) is 0.490. The first kappa shape index (κ1) is 11.9. The third-order valence-corrected chi connectivity index (χ3v) is 3.58. The number of hydrogen-bond donors (Lipinski definition) is 1. The molecule has 98 valence electrons. The normalized spacial score (nSPS) is 18.9. The van der Waals surface area contributed by atoms with Crippen molar-refractivity contribution in [1.82, 2.24) is 19.9 Å². The van der Waals surface area contributed by atoms with Crippen LogP contribution >= 0.6 is 0 Å². The molecule has 2 aromatic rings. The molecule has 1 amide bonds. The summed E-state index contributed by atoms with van der Waals surface area (Å²) >= 11 is 0. The molecule has 1 fully saturated rings. The Kier molecular flexibility index (Phi) is 3.03. The van der Waals surface area contributed by atoms with Crippen molar-refractivity contribution in [3.63, 3.8) is 0 Å². The zero-order valence-electron chi connectivity index (χ0n) is 10.7. The Morgan fingerprint density at radius 1 is 1.63 bits per heavy atom. The van der Waals surface area contributed by atoms with E-state index in [2.05, 4.69) is 21.5 Å². The molecule has 1 N–H and O–H groups in total. The summed E-state index contributed by atoms with van der Waals surface area (Å²) < 4.78 is 0. The van der Waals surface area contributed by atoms with Gasteiger partial charge in [-0.25, -0.2) is 9.97 Å².